The largest absolute Gasteiger partial charge is 0.454 e. The molecule has 2 amide bonds. The van der Waals surface area contributed by atoms with Gasteiger partial charge < -0.3 is 15.0 Å². The molecule has 0 aliphatic carbocycles. The number of ether oxygens (including phenoxy) is 1. The van der Waals surface area contributed by atoms with Crippen molar-refractivity contribution in [3.8, 4) is 0 Å². The number of halogens is 1. The average Bonchev–Trinajstić information content (AvgIpc) is 3.29. The van der Waals surface area contributed by atoms with Gasteiger partial charge in [-0.05, 0) is 54.4 Å². The van der Waals surface area contributed by atoms with E-state index in [0.29, 0.717) is 17.8 Å². The molecule has 0 radical (unpaired) electrons. The lowest BCUT2D eigenvalue weighted by Gasteiger charge is -2.20. The van der Waals surface area contributed by atoms with Gasteiger partial charge in [0.1, 0.15) is 0 Å². The Labute approximate surface area is 217 Å². The van der Waals surface area contributed by atoms with E-state index in [1.807, 2.05) is 31.2 Å². The summed E-state index contributed by atoms with van der Waals surface area (Å²) in [7, 11) is 0. The second-order valence-electron chi connectivity index (χ2n) is 8.46. The van der Waals surface area contributed by atoms with E-state index in [4.69, 9.17) is 4.74 Å². The zero-order valence-corrected chi connectivity index (χ0v) is 21.3. The van der Waals surface area contributed by atoms with Crippen LogP contribution in [0.1, 0.15) is 39.6 Å². The first-order valence-corrected chi connectivity index (χ1v) is 12.4. The lowest BCUT2D eigenvalue weighted by molar-refractivity contribution is -0.122. The Hall–Kier alpha value is -3.78. The molecule has 184 valence electrons. The Morgan fingerprint density at radius 2 is 1.64 bits per heavy atom. The minimum absolute atomic E-state index is 0.0770. The molecule has 1 fully saturated rings. The van der Waals surface area contributed by atoms with E-state index >= 15 is 0 Å². The molecule has 4 rings (SSSR count). The van der Waals surface area contributed by atoms with Crippen molar-refractivity contribution in [2.24, 2.45) is 5.92 Å². The Bertz CT molecular complexity index is 1290. The lowest BCUT2D eigenvalue weighted by Crippen LogP contribution is -2.28. The van der Waals surface area contributed by atoms with E-state index in [1.54, 1.807) is 41.3 Å². The second-order valence-corrected chi connectivity index (χ2v) is 9.38. The maximum atomic E-state index is 12.8. The van der Waals surface area contributed by atoms with Gasteiger partial charge in [-0.1, -0.05) is 53.2 Å². The third-order valence-electron chi connectivity index (χ3n) is 6.05. The number of esters is 1. The van der Waals surface area contributed by atoms with Gasteiger partial charge in [-0.15, -0.1) is 0 Å². The fraction of sp³-hybridized carbons (Fsp3) is 0.214. The number of hydrogen-bond donors (Lipinski definition) is 1. The zero-order chi connectivity index (χ0) is 25.7. The summed E-state index contributed by atoms with van der Waals surface area (Å²) in [5, 5.41) is 2.82. The highest BCUT2D eigenvalue weighted by molar-refractivity contribution is 9.10. The summed E-state index contributed by atoms with van der Waals surface area (Å²) >= 11 is 3.31. The molecule has 3 aromatic carbocycles. The SMILES string of the molecule is CCc1ccccc1N1C[C@@H](C(=O)Nc2ccc(C(=O)OCC(=O)c3ccc(Br)cc3)cc2)CC1=O. The van der Waals surface area contributed by atoms with E-state index in [0.717, 1.165) is 22.1 Å². The molecule has 1 atom stereocenters. The van der Waals surface area contributed by atoms with Crippen molar-refractivity contribution in [3.05, 3.63) is 94.0 Å². The van der Waals surface area contributed by atoms with Crippen LogP contribution >= 0.6 is 15.9 Å². The molecule has 3 aromatic rings. The van der Waals surface area contributed by atoms with Gasteiger partial charge in [-0.3, -0.25) is 14.4 Å². The highest BCUT2D eigenvalue weighted by atomic mass is 79.9. The molecule has 7 nitrogen and oxygen atoms in total. The number of rotatable bonds is 8. The highest BCUT2D eigenvalue weighted by Crippen LogP contribution is 2.29. The number of amides is 2. The molecule has 0 aromatic heterocycles. The third kappa shape index (κ3) is 5.88. The third-order valence-corrected chi connectivity index (χ3v) is 6.58. The Balaban J connectivity index is 1.31. The molecule has 0 spiro atoms. The molecular weight excluding hydrogens is 524 g/mol. The molecule has 0 bridgehead atoms. The molecule has 0 unspecified atom stereocenters. The molecular formula is C28H25BrN2O5. The number of hydrogen-bond acceptors (Lipinski definition) is 5. The first-order chi connectivity index (χ1) is 17.4. The smallest absolute Gasteiger partial charge is 0.338 e. The summed E-state index contributed by atoms with van der Waals surface area (Å²) in [5.41, 5.74) is 3.12. The van der Waals surface area contributed by atoms with Crippen LogP contribution in [-0.2, 0) is 20.7 Å². The fourth-order valence-electron chi connectivity index (χ4n) is 4.06. The number of para-hydroxylation sites is 1. The summed E-state index contributed by atoms with van der Waals surface area (Å²) in [6, 6.07) is 20.7. The summed E-state index contributed by atoms with van der Waals surface area (Å²) in [6.07, 6.45) is 0.935. The van der Waals surface area contributed by atoms with Gasteiger partial charge >= 0.3 is 5.97 Å². The molecule has 36 heavy (non-hydrogen) atoms. The van der Waals surface area contributed by atoms with E-state index in [9.17, 15) is 19.2 Å². The van der Waals surface area contributed by atoms with Crippen LogP contribution in [0, 0.1) is 5.92 Å². The predicted molar refractivity (Wildman–Crippen MR) is 140 cm³/mol. The number of aryl methyl sites for hydroxylation is 1. The van der Waals surface area contributed by atoms with Gasteiger partial charge in [0.15, 0.2) is 12.4 Å². The molecule has 8 heteroatoms. The maximum absolute atomic E-state index is 12.8. The molecule has 1 aliphatic rings. The number of carbonyl (C=O) groups excluding carboxylic acids is 4. The second kappa shape index (κ2) is 11.3. The van der Waals surface area contributed by atoms with Crippen molar-refractivity contribution in [1.82, 2.24) is 0 Å². The number of anilines is 2. The standard InChI is InChI=1S/C28H25BrN2O5/c1-2-18-5-3-4-6-24(18)31-16-21(15-26(31)33)27(34)30-23-13-9-20(10-14-23)28(35)36-17-25(32)19-7-11-22(29)12-8-19/h3-14,21H,2,15-17H2,1H3,(H,30,34)/t21-/m0/s1. The maximum Gasteiger partial charge on any atom is 0.338 e. The van der Waals surface area contributed by atoms with Crippen molar-refractivity contribution in [1.29, 1.82) is 0 Å². The van der Waals surface area contributed by atoms with Gasteiger partial charge in [0.25, 0.3) is 0 Å². The van der Waals surface area contributed by atoms with Crippen molar-refractivity contribution >= 4 is 50.9 Å². The average molecular weight is 549 g/mol. The van der Waals surface area contributed by atoms with E-state index < -0.39 is 11.9 Å². The van der Waals surface area contributed by atoms with Crippen molar-refractivity contribution in [3.63, 3.8) is 0 Å². The predicted octanol–water partition coefficient (Wildman–Crippen LogP) is 5.04. The van der Waals surface area contributed by atoms with Gasteiger partial charge in [-0.2, -0.15) is 0 Å². The van der Waals surface area contributed by atoms with Crippen LogP contribution in [-0.4, -0.2) is 36.7 Å². The number of nitrogens with one attached hydrogen (secondary N) is 1. The lowest BCUT2D eigenvalue weighted by atomic mass is 10.1. The van der Waals surface area contributed by atoms with Crippen LogP contribution in [0.2, 0.25) is 0 Å². The Morgan fingerprint density at radius 3 is 2.33 bits per heavy atom. The minimum atomic E-state index is -0.634. The number of Topliss-reactive ketones (excluding diaryl/α,β-unsaturated/α-hetero) is 1. The number of carbonyl (C=O) groups is 4. The fourth-order valence-corrected chi connectivity index (χ4v) is 4.32. The van der Waals surface area contributed by atoms with E-state index in [2.05, 4.69) is 21.2 Å². The van der Waals surface area contributed by atoms with E-state index in [1.165, 1.54) is 12.1 Å². The van der Waals surface area contributed by atoms with Crippen LogP contribution in [0.3, 0.4) is 0 Å². The van der Waals surface area contributed by atoms with Gasteiger partial charge in [0, 0.05) is 34.4 Å². The zero-order valence-electron chi connectivity index (χ0n) is 19.7. The van der Waals surface area contributed by atoms with Crippen LogP contribution < -0.4 is 10.2 Å². The molecule has 1 aliphatic heterocycles. The van der Waals surface area contributed by atoms with Crippen LogP contribution in [0.15, 0.2) is 77.3 Å². The molecule has 0 saturated carbocycles. The summed E-state index contributed by atoms with van der Waals surface area (Å²) < 4.78 is 5.98. The Kier molecular flexibility index (Phi) is 7.95. The molecule has 1 N–H and O–H groups in total. The van der Waals surface area contributed by atoms with Crippen molar-refractivity contribution in [2.45, 2.75) is 19.8 Å². The summed E-state index contributed by atoms with van der Waals surface area (Å²) in [6.45, 7) is 1.98. The quantitative estimate of drug-likeness (QED) is 0.314. The number of nitrogens with zero attached hydrogens (tertiary/aromatic N) is 1. The van der Waals surface area contributed by atoms with Gasteiger partial charge in [0.2, 0.25) is 11.8 Å². The van der Waals surface area contributed by atoms with Gasteiger partial charge in [0.05, 0.1) is 11.5 Å². The minimum Gasteiger partial charge on any atom is -0.454 e. The summed E-state index contributed by atoms with van der Waals surface area (Å²) in [5.74, 6) is -1.75. The Morgan fingerprint density at radius 1 is 0.972 bits per heavy atom. The van der Waals surface area contributed by atoms with Gasteiger partial charge in [-0.25, -0.2) is 4.79 Å². The highest BCUT2D eigenvalue weighted by Gasteiger charge is 2.35. The normalized spacial score (nSPS) is 15.0. The van der Waals surface area contributed by atoms with Crippen molar-refractivity contribution < 1.29 is 23.9 Å². The van der Waals surface area contributed by atoms with Crippen molar-refractivity contribution in [2.75, 3.05) is 23.4 Å². The topological polar surface area (TPSA) is 92.8 Å². The van der Waals surface area contributed by atoms with Crippen LogP contribution in [0.5, 0.6) is 0 Å². The first kappa shape index (κ1) is 25.3. The van der Waals surface area contributed by atoms with E-state index in [-0.39, 0.29) is 36.2 Å². The molecule has 1 heterocycles. The van der Waals surface area contributed by atoms with Crippen LogP contribution in [0.4, 0.5) is 11.4 Å². The number of benzene rings is 3. The first-order valence-electron chi connectivity index (χ1n) is 11.6. The van der Waals surface area contributed by atoms with Crippen LogP contribution in [0.25, 0.3) is 0 Å². The summed E-state index contributed by atoms with van der Waals surface area (Å²) in [4.78, 5) is 51.6. The number of ketones is 1. The molecule has 1 saturated heterocycles. The monoisotopic (exact) mass is 548 g/mol.